The number of rotatable bonds is 3. The number of nitrogen functional groups attached to an aromatic ring is 1. The Hall–Kier alpha value is -1.67. The van der Waals surface area contributed by atoms with Crippen molar-refractivity contribution in [3.05, 3.63) is 51.9 Å². The lowest BCUT2D eigenvalue weighted by molar-refractivity contribution is 0.102. The van der Waals surface area contributed by atoms with E-state index in [1.54, 1.807) is 12.1 Å². The lowest BCUT2D eigenvalue weighted by atomic mass is 10.3. The Labute approximate surface area is 118 Å². The van der Waals surface area contributed by atoms with Crippen molar-refractivity contribution in [2.75, 3.05) is 10.7 Å². The SMILES string of the molecule is NNc1ccnc(C(=O)Nc2ccc(I)cc2)c1. The molecular formula is C12H11IN4O. The van der Waals surface area contributed by atoms with Gasteiger partial charge in [-0.1, -0.05) is 0 Å². The Morgan fingerprint density at radius 3 is 2.56 bits per heavy atom. The average Bonchev–Trinajstić information content (AvgIpc) is 2.41. The third-order valence-electron chi connectivity index (χ3n) is 2.26. The summed E-state index contributed by atoms with van der Waals surface area (Å²) in [6, 6.07) is 10.8. The minimum Gasteiger partial charge on any atom is -0.324 e. The number of nitrogens with zero attached hydrogens (tertiary/aromatic N) is 1. The van der Waals surface area contributed by atoms with Crippen molar-refractivity contribution in [1.82, 2.24) is 4.98 Å². The maximum atomic E-state index is 11.9. The second kappa shape index (κ2) is 5.78. The highest BCUT2D eigenvalue weighted by molar-refractivity contribution is 14.1. The van der Waals surface area contributed by atoms with Crippen LogP contribution in [0.5, 0.6) is 0 Å². The predicted molar refractivity (Wildman–Crippen MR) is 79.2 cm³/mol. The second-order valence-electron chi connectivity index (χ2n) is 3.54. The van der Waals surface area contributed by atoms with Gasteiger partial charge in [-0.15, -0.1) is 0 Å². The van der Waals surface area contributed by atoms with E-state index >= 15 is 0 Å². The molecular weight excluding hydrogens is 343 g/mol. The topological polar surface area (TPSA) is 80.0 Å². The third kappa shape index (κ3) is 3.17. The van der Waals surface area contributed by atoms with Crippen LogP contribution in [0.4, 0.5) is 11.4 Å². The van der Waals surface area contributed by atoms with Crippen LogP contribution in [0.1, 0.15) is 10.5 Å². The van der Waals surface area contributed by atoms with Crippen molar-refractivity contribution in [2.24, 2.45) is 5.84 Å². The molecule has 1 heterocycles. The third-order valence-corrected chi connectivity index (χ3v) is 2.98. The lowest BCUT2D eigenvalue weighted by Crippen LogP contribution is -2.15. The van der Waals surface area contributed by atoms with Gasteiger partial charge < -0.3 is 10.7 Å². The summed E-state index contributed by atoms with van der Waals surface area (Å²) in [6.07, 6.45) is 1.53. The molecule has 92 valence electrons. The molecule has 0 saturated heterocycles. The highest BCUT2D eigenvalue weighted by atomic mass is 127. The molecule has 0 aliphatic heterocycles. The molecule has 0 spiro atoms. The molecule has 1 aromatic heterocycles. The molecule has 0 atom stereocenters. The first-order valence-corrected chi connectivity index (χ1v) is 6.26. The van der Waals surface area contributed by atoms with E-state index < -0.39 is 0 Å². The standard InChI is InChI=1S/C12H11IN4O/c13-8-1-3-9(4-2-8)16-12(18)11-7-10(17-14)5-6-15-11/h1-7H,14H2,(H,15,17)(H,16,18). The van der Waals surface area contributed by atoms with Crippen molar-refractivity contribution >= 4 is 39.9 Å². The molecule has 0 unspecified atom stereocenters. The van der Waals surface area contributed by atoms with E-state index in [2.05, 4.69) is 38.3 Å². The molecule has 0 aliphatic rings. The summed E-state index contributed by atoms with van der Waals surface area (Å²) in [6.45, 7) is 0. The molecule has 2 aromatic rings. The zero-order valence-corrected chi connectivity index (χ0v) is 11.5. The van der Waals surface area contributed by atoms with Gasteiger partial charge in [0.2, 0.25) is 0 Å². The van der Waals surface area contributed by atoms with Crippen molar-refractivity contribution in [2.45, 2.75) is 0 Å². The normalized spacial score (nSPS) is 9.89. The number of nitrogens with two attached hydrogens (primary N) is 1. The number of aromatic nitrogens is 1. The van der Waals surface area contributed by atoms with Gasteiger partial charge in [0.05, 0.1) is 5.69 Å². The van der Waals surface area contributed by atoms with Gasteiger partial charge in [-0.2, -0.15) is 0 Å². The number of anilines is 2. The molecule has 2 rings (SSSR count). The van der Waals surface area contributed by atoms with E-state index in [1.165, 1.54) is 6.20 Å². The maximum absolute atomic E-state index is 11.9. The van der Waals surface area contributed by atoms with Crippen molar-refractivity contribution < 1.29 is 4.79 Å². The first-order valence-electron chi connectivity index (χ1n) is 5.18. The average molecular weight is 354 g/mol. The number of benzene rings is 1. The van der Waals surface area contributed by atoms with E-state index in [9.17, 15) is 4.79 Å². The number of carbonyl (C=O) groups excluding carboxylic acids is 1. The number of carbonyl (C=O) groups is 1. The number of amides is 1. The first-order chi connectivity index (χ1) is 8.69. The van der Waals surface area contributed by atoms with Crippen LogP contribution < -0.4 is 16.6 Å². The van der Waals surface area contributed by atoms with Gasteiger partial charge in [0.15, 0.2) is 0 Å². The summed E-state index contributed by atoms with van der Waals surface area (Å²) in [4.78, 5) is 15.9. The minimum absolute atomic E-state index is 0.270. The molecule has 1 aromatic carbocycles. The highest BCUT2D eigenvalue weighted by Crippen LogP contribution is 2.13. The van der Waals surface area contributed by atoms with Gasteiger partial charge >= 0.3 is 0 Å². The van der Waals surface area contributed by atoms with E-state index in [-0.39, 0.29) is 5.91 Å². The molecule has 6 heteroatoms. The Bertz CT molecular complexity index is 556. The quantitative estimate of drug-likeness (QED) is 0.449. The Morgan fingerprint density at radius 1 is 1.17 bits per heavy atom. The van der Waals surface area contributed by atoms with Gasteiger partial charge in [0, 0.05) is 15.5 Å². The summed E-state index contributed by atoms with van der Waals surface area (Å²) in [7, 11) is 0. The minimum atomic E-state index is -0.270. The van der Waals surface area contributed by atoms with Crippen LogP contribution in [-0.4, -0.2) is 10.9 Å². The van der Waals surface area contributed by atoms with E-state index in [1.807, 2.05) is 24.3 Å². The van der Waals surface area contributed by atoms with Crippen LogP contribution in [0, 0.1) is 3.57 Å². The van der Waals surface area contributed by atoms with E-state index in [0.717, 1.165) is 9.26 Å². The van der Waals surface area contributed by atoms with Gasteiger partial charge in [0.1, 0.15) is 5.69 Å². The second-order valence-corrected chi connectivity index (χ2v) is 4.78. The summed E-state index contributed by atoms with van der Waals surface area (Å²) in [5.41, 5.74) is 4.15. The fraction of sp³-hybridized carbons (Fsp3) is 0. The van der Waals surface area contributed by atoms with Crippen LogP contribution in [0.25, 0.3) is 0 Å². The first kappa shape index (κ1) is 12.8. The summed E-state index contributed by atoms with van der Waals surface area (Å²) in [5.74, 6) is 5.01. The van der Waals surface area contributed by atoms with Crippen molar-refractivity contribution in [3.8, 4) is 0 Å². The number of hydrogen-bond donors (Lipinski definition) is 3. The lowest BCUT2D eigenvalue weighted by Gasteiger charge is -2.06. The number of hydrazine groups is 1. The molecule has 0 fully saturated rings. The fourth-order valence-electron chi connectivity index (χ4n) is 1.37. The molecule has 5 nitrogen and oxygen atoms in total. The van der Waals surface area contributed by atoms with Gasteiger partial charge in [0.25, 0.3) is 5.91 Å². The van der Waals surface area contributed by atoms with Gasteiger partial charge in [-0.3, -0.25) is 15.6 Å². The van der Waals surface area contributed by atoms with Crippen molar-refractivity contribution in [1.29, 1.82) is 0 Å². The Kier molecular flexibility index (Phi) is 4.11. The molecule has 0 aliphatic carbocycles. The number of nitrogens with one attached hydrogen (secondary N) is 2. The summed E-state index contributed by atoms with van der Waals surface area (Å²) in [5, 5.41) is 2.76. The Morgan fingerprint density at radius 2 is 1.89 bits per heavy atom. The molecule has 18 heavy (non-hydrogen) atoms. The van der Waals surface area contributed by atoms with Crippen LogP contribution in [0.2, 0.25) is 0 Å². The number of halogens is 1. The smallest absolute Gasteiger partial charge is 0.274 e. The van der Waals surface area contributed by atoms with Crippen LogP contribution >= 0.6 is 22.6 Å². The van der Waals surface area contributed by atoms with E-state index in [4.69, 9.17) is 5.84 Å². The summed E-state index contributed by atoms with van der Waals surface area (Å²) < 4.78 is 1.11. The number of pyridine rings is 1. The molecule has 1 amide bonds. The zero-order chi connectivity index (χ0) is 13.0. The highest BCUT2D eigenvalue weighted by Gasteiger charge is 2.07. The van der Waals surface area contributed by atoms with E-state index in [0.29, 0.717) is 11.4 Å². The number of hydrogen-bond acceptors (Lipinski definition) is 4. The van der Waals surface area contributed by atoms with Crippen LogP contribution in [0.15, 0.2) is 42.6 Å². The molecule has 0 saturated carbocycles. The monoisotopic (exact) mass is 354 g/mol. The molecule has 0 radical (unpaired) electrons. The van der Waals surface area contributed by atoms with Gasteiger partial charge in [-0.05, 0) is 59.0 Å². The Balaban J connectivity index is 2.14. The summed E-state index contributed by atoms with van der Waals surface area (Å²) >= 11 is 2.20. The van der Waals surface area contributed by atoms with Crippen LogP contribution in [-0.2, 0) is 0 Å². The predicted octanol–water partition coefficient (Wildman–Crippen LogP) is 2.22. The van der Waals surface area contributed by atoms with Crippen molar-refractivity contribution in [3.63, 3.8) is 0 Å². The zero-order valence-electron chi connectivity index (χ0n) is 9.35. The maximum Gasteiger partial charge on any atom is 0.274 e. The van der Waals surface area contributed by atoms with Gasteiger partial charge in [-0.25, -0.2) is 0 Å². The molecule has 4 N–H and O–H groups in total. The largest absolute Gasteiger partial charge is 0.324 e. The van der Waals surface area contributed by atoms with Crippen LogP contribution in [0.3, 0.4) is 0 Å². The fourth-order valence-corrected chi connectivity index (χ4v) is 1.73. The molecule has 0 bridgehead atoms.